The molecule has 0 amide bonds. The summed E-state index contributed by atoms with van der Waals surface area (Å²) in [5.74, 6) is 0.867. The van der Waals surface area contributed by atoms with E-state index in [4.69, 9.17) is 0 Å². The first kappa shape index (κ1) is 8.14. The van der Waals surface area contributed by atoms with Crippen molar-refractivity contribution in [2.45, 2.75) is 20.4 Å². The van der Waals surface area contributed by atoms with Crippen molar-refractivity contribution >= 4 is 0 Å². The minimum absolute atomic E-state index is 0.762. The van der Waals surface area contributed by atoms with E-state index >= 15 is 0 Å². The smallest absolute Gasteiger partial charge is 0.142 e. The van der Waals surface area contributed by atoms with Crippen molar-refractivity contribution in [3.05, 3.63) is 23.8 Å². The number of aryl methyl sites for hydroxylation is 1. The predicted octanol–water partition coefficient (Wildman–Crippen LogP) is 0.895. The number of hydrogen-bond donors (Lipinski definition) is 1. The molecule has 11 heavy (non-hydrogen) atoms. The van der Waals surface area contributed by atoms with Crippen LogP contribution in [0.15, 0.2) is 12.3 Å². The van der Waals surface area contributed by atoms with Crippen molar-refractivity contribution in [3.63, 3.8) is 0 Å². The molecule has 0 radical (unpaired) electrons. The molecule has 0 aromatic carbocycles. The van der Waals surface area contributed by atoms with Gasteiger partial charge in [0, 0.05) is 11.9 Å². The van der Waals surface area contributed by atoms with Crippen LogP contribution in [0, 0.1) is 6.92 Å². The van der Waals surface area contributed by atoms with Crippen LogP contribution in [-0.4, -0.2) is 16.5 Å². The number of nitrogens with zero attached hydrogens (tertiary/aromatic N) is 2. The zero-order valence-electron chi connectivity index (χ0n) is 6.96. The van der Waals surface area contributed by atoms with Gasteiger partial charge in [0.1, 0.15) is 5.82 Å². The molecule has 3 nitrogen and oxygen atoms in total. The Kier molecular flexibility index (Phi) is 2.98. The molecule has 1 aromatic rings. The maximum atomic E-state index is 4.24. The van der Waals surface area contributed by atoms with Gasteiger partial charge in [-0.15, -0.1) is 0 Å². The van der Waals surface area contributed by atoms with Crippen molar-refractivity contribution in [2.24, 2.45) is 0 Å². The Morgan fingerprint density at radius 1 is 1.55 bits per heavy atom. The number of nitrogens with one attached hydrogen (secondary N) is 1. The van der Waals surface area contributed by atoms with Gasteiger partial charge in [-0.3, -0.25) is 0 Å². The van der Waals surface area contributed by atoms with E-state index in [9.17, 15) is 0 Å². The van der Waals surface area contributed by atoms with E-state index in [1.54, 1.807) is 6.20 Å². The van der Waals surface area contributed by atoms with Gasteiger partial charge in [-0.05, 0) is 19.5 Å². The Labute approximate surface area is 66.9 Å². The van der Waals surface area contributed by atoms with Crippen LogP contribution < -0.4 is 5.32 Å². The fraction of sp³-hybridized carbons (Fsp3) is 0.500. The van der Waals surface area contributed by atoms with Crippen molar-refractivity contribution < 1.29 is 0 Å². The number of rotatable bonds is 3. The average molecular weight is 151 g/mol. The summed E-state index contributed by atoms with van der Waals surface area (Å²) >= 11 is 0. The second kappa shape index (κ2) is 4.03. The second-order valence-corrected chi connectivity index (χ2v) is 2.39. The Balaban J connectivity index is 2.56. The minimum Gasteiger partial charge on any atom is -0.310 e. The summed E-state index contributed by atoms with van der Waals surface area (Å²) in [4.78, 5) is 8.34. The monoisotopic (exact) mass is 151 g/mol. The molecule has 0 aliphatic rings. The summed E-state index contributed by atoms with van der Waals surface area (Å²) in [6.07, 6.45) is 1.79. The van der Waals surface area contributed by atoms with E-state index < -0.39 is 0 Å². The van der Waals surface area contributed by atoms with E-state index in [1.807, 2.05) is 13.0 Å². The molecule has 1 aromatic heterocycles. The van der Waals surface area contributed by atoms with Crippen LogP contribution in [0.2, 0.25) is 0 Å². The molecule has 0 aliphatic heterocycles. The van der Waals surface area contributed by atoms with Gasteiger partial charge in [-0.2, -0.15) is 0 Å². The SMILES string of the molecule is CCNCc1nccc(C)n1. The molecular weight excluding hydrogens is 138 g/mol. The number of aromatic nitrogens is 2. The highest BCUT2D eigenvalue weighted by Crippen LogP contribution is 1.91. The highest BCUT2D eigenvalue weighted by Gasteiger charge is 1.93. The van der Waals surface area contributed by atoms with Crippen LogP contribution in [0.3, 0.4) is 0 Å². The van der Waals surface area contributed by atoms with Gasteiger partial charge in [0.05, 0.1) is 6.54 Å². The summed E-state index contributed by atoms with van der Waals surface area (Å²) in [6, 6.07) is 1.90. The lowest BCUT2D eigenvalue weighted by Gasteiger charge is -1.99. The van der Waals surface area contributed by atoms with Crippen molar-refractivity contribution in [2.75, 3.05) is 6.54 Å². The fourth-order valence-corrected chi connectivity index (χ4v) is 0.823. The van der Waals surface area contributed by atoms with E-state index in [2.05, 4.69) is 22.2 Å². The first-order valence-electron chi connectivity index (χ1n) is 3.82. The summed E-state index contributed by atoms with van der Waals surface area (Å²) in [5, 5.41) is 3.17. The zero-order chi connectivity index (χ0) is 8.10. The second-order valence-electron chi connectivity index (χ2n) is 2.39. The van der Waals surface area contributed by atoms with Gasteiger partial charge in [0.15, 0.2) is 0 Å². The molecule has 1 heterocycles. The van der Waals surface area contributed by atoms with Crippen LogP contribution in [0.5, 0.6) is 0 Å². The van der Waals surface area contributed by atoms with Crippen LogP contribution in [0.1, 0.15) is 18.4 Å². The Morgan fingerprint density at radius 2 is 2.36 bits per heavy atom. The lowest BCUT2D eigenvalue weighted by molar-refractivity contribution is 0.687. The first-order valence-corrected chi connectivity index (χ1v) is 3.82. The van der Waals surface area contributed by atoms with Gasteiger partial charge < -0.3 is 5.32 Å². The fourth-order valence-electron chi connectivity index (χ4n) is 0.823. The molecule has 0 unspecified atom stereocenters. The highest BCUT2D eigenvalue weighted by atomic mass is 15.0. The quantitative estimate of drug-likeness (QED) is 0.697. The summed E-state index contributed by atoms with van der Waals surface area (Å²) in [5.41, 5.74) is 1.02. The Morgan fingerprint density at radius 3 is 3.00 bits per heavy atom. The third kappa shape index (κ3) is 2.63. The first-order chi connectivity index (χ1) is 5.33. The van der Waals surface area contributed by atoms with E-state index in [0.717, 1.165) is 24.6 Å². The van der Waals surface area contributed by atoms with Crippen LogP contribution in [0.25, 0.3) is 0 Å². The molecule has 0 saturated heterocycles. The highest BCUT2D eigenvalue weighted by molar-refractivity contribution is 4.99. The maximum absolute atomic E-state index is 4.24. The molecule has 60 valence electrons. The third-order valence-corrected chi connectivity index (χ3v) is 1.38. The van der Waals surface area contributed by atoms with Gasteiger partial charge in [0.25, 0.3) is 0 Å². The maximum Gasteiger partial charge on any atom is 0.142 e. The molecule has 0 saturated carbocycles. The van der Waals surface area contributed by atoms with Crippen LogP contribution in [-0.2, 0) is 6.54 Å². The third-order valence-electron chi connectivity index (χ3n) is 1.38. The lowest BCUT2D eigenvalue weighted by atomic mass is 10.4. The molecule has 0 fully saturated rings. The van der Waals surface area contributed by atoms with Crippen molar-refractivity contribution in [3.8, 4) is 0 Å². The van der Waals surface area contributed by atoms with Crippen LogP contribution in [0.4, 0.5) is 0 Å². The largest absolute Gasteiger partial charge is 0.310 e. The van der Waals surface area contributed by atoms with Crippen molar-refractivity contribution in [1.82, 2.24) is 15.3 Å². The van der Waals surface area contributed by atoms with Gasteiger partial charge in [-0.25, -0.2) is 9.97 Å². The summed E-state index contributed by atoms with van der Waals surface area (Å²) < 4.78 is 0. The van der Waals surface area contributed by atoms with E-state index in [1.165, 1.54) is 0 Å². The molecule has 0 bridgehead atoms. The normalized spacial score (nSPS) is 10.0. The van der Waals surface area contributed by atoms with Crippen molar-refractivity contribution in [1.29, 1.82) is 0 Å². The van der Waals surface area contributed by atoms with E-state index in [-0.39, 0.29) is 0 Å². The average Bonchev–Trinajstić information content (AvgIpc) is 2.01. The molecule has 0 spiro atoms. The predicted molar refractivity (Wildman–Crippen MR) is 44.1 cm³/mol. The minimum atomic E-state index is 0.762. The topological polar surface area (TPSA) is 37.8 Å². The summed E-state index contributed by atoms with van der Waals surface area (Å²) in [6.45, 7) is 5.75. The van der Waals surface area contributed by atoms with E-state index in [0.29, 0.717) is 0 Å². The van der Waals surface area contributed by atoms with Gasteiger partial charge in [0.2, 0.25) is 0 Å². The molecule has 0 atom stereocenters. The Bertz CT molecular complexity index is 222. The van der Waals surface area contributed by atoms with Gasteiger partial charge >= 0.3 is 0 Å². The zero-order valence-corrected chi connectivity index (χ0v) is 6.96. The standard InChI is InChI=1S/C8H13N3/c1-3-9-6-8-10-5-4-7(2)11-8/h4-5,9H,3,6H2,1-2H3. The van der Waals surface area contributed by atoms with Crippen LogP contribution >= 0.6 is 0 Å². The molecule has 0 aliphatic carbocycles. The molecule has 3 heteroatoms. The number of hydrogen-bond acceptors (Lipinski definition) is 3. The van der Waals surface area contributed by atoms with Gasteiger partial charge in [-0.1, -0.05) is 6.92 Å². The summed E-state index contributed by atoms with van der Waals surface area (Å²) in [7, 11) is 0. The lowest BCUT2D eigenvalue weighted by Crippen LogP contribution is -2.14. The Hall–Kier alpha value is -0.960. The molecular formula is C8H13N3. The molecule has 1 N–H and O–H groups in total. The molecule has 1 rings (SSSR count).